The summed E-state index contributed by atoms with van der Waals surface area (Å²) in [6, 6.07) is -0.0544. The third-order valence-corrected chi connectivity index (χ3v) is 4.04. The van der Waals surface area contributed by atoms with E-state index in [1.165, 1.54) is 12.1 Å². The van der Waals surface area contributed by atoms with Crippen LogP contribution in [-0.4, -0.2) is 51.7 Å². The van der Waals surface area contributed by atoms with Crippen LogP contribution < -0.4 is 5.43 Å². The van der Waals surface area contributed by atoms with Crippen LogP contribution in [0, 0.1) is 0 Å². The highest BCUT2D eigenvalue weighted by Crippen LogP contribution is 2.26. The van der Waals surface area contributed by atoms with Crippen molar-refractivity contribution >= 4 is 9.84 Å². The number of methoxy groups -OCH3 is 1. The van der Waals surface area contributed by atoms with Gasteiger partial charge in [0, 0.05) is 26.0 Å². The van der Waals surface area contributed by atoms with Gasteiger partial charge in [-0.1, -0.05) is 6.92 Å². The number of rotatable bonds is 8. The number of nitrogens with one attached hydrogen (secondary N) is 1. The predicted molar refractivity (Wildman–Crippen MR) is 66.9 cm³/mol. The van der Waals surface area contributed by atoms with Crippen LogP contribution in [0.5, 0.6) is 0 Å². The Balaban J connectivity index is 5.56. The fourth-order valence-electron chi connectivity index (χ4n) is 1.66. The Morgan fingerprint density at radius 2 is 1.94 bits per heavy atom. The second kappa shape index (κ2) is 6.65. The van der Waals surface area contributed by atoms with Crippen LogP contribution in [0.1, 0.15) is 27.2 Å². The SMILES string of the molecule is CCOC(OC)(N(NC)C(C)CC)S(C)(=O)=O. The number of nitrogens with zero attached hydrogens (tertiary/aromatic N) is 1. The van der Waals surface area contributed by atoms with Gasteiger partial charge in [-0.25, -0.2) is 8.42 Å². The van der Waals surface area contributed by atoms with Crippen molar-refractivity contribution in [1.29, 1.82) is 0 Å². The molecular formula is C10H24N2O4S. The molecule has 0 aromatic carbocycles. The molecule has 0 bridgehead atoms. The van der Waals surface area contributed by atoms with E-state index in [9.17, 15) is 8.42 Å². The van der Waals surface area contributed by atoms with Crippen LogP contribution in [0.2, 0.25) is 0 Å². The molecule has 17 heavy (non-hydrogen) atoms. The lowest BCUT2D eigenvalue weighted by Gasteiger charge is -2.42. The maximum atomic E-state index is 12.0. The number of ether oxygens (including phenoxy) is 2. The molecule has 0 heterocycles. The van der Waals surface area contributed by atoms with E-state index in [1.807, 2.05) is 13.8 Å². The molecule has 0 rings (SSSR count). The monoisotopic (exact) mass is 268 g/mol. The first-order valence-corrected chi connectivity index (χ1v) is 7.55. The first-order valence-electron chi connectivity index (χ1n) is 5.66. The first kappa shape index (κ1) is 16.8. The Hall–Kier alpha value is -0.210. The molecule has 0 fully saturated rings. The summed E-state index contributed by atoms with van der Waals surface area (Å²) in [7, 11) is -0.620. The van der Waals surface area contributed by atoms with Crippen LogP contribution in [0.15, 0.2) is 0 Å². The van der Waals surface area contributed by atoms with Crippen molar-refractivity contribution in [2.24, 2.45) is 0 Å². The normalized spacial score (nSPS) is 18.1. The van der Waals surface area contributed by atoms with Crippen molar-refractivity contribution in [1.82, 2.24) is 10.4 Å². The van der Waals surface area contributed by atoms with E-state index in [2.05, 4.69) is 5.43 Å². The topological polar surface area (TPSA) is 67.9 Å². The summed E-state index contributed by atoms with van der Waals surface area (Å²) >= 11 is 0. The Bertz CT molecular complexity index is 320. The van der Waals surface area contributed by atoms with E-state index in [-0.39, 0.29) is 12.6 Å². The molecule has 2 unspecified atom stereocenters. The van der Waals surface area contributed by atoms with E-state index in [1.54, 1.807) is 14.0 Å². The zero-order valence-electron chi connectivity index (χ0n) is 11.5. The van der Waals surface area contributed by atoms with E-state index < -0.39 is 15.1 Å². The van der Waals surface area contributed by atoms with Gasteiger partial charge in [-0.3, -0.25) is 5.43 Å². The Morgan fingerprint density at radius 1 is 1.41 bits per heavy atom. The van der Waals surface area contributed by atoms with Crippen molar-refractivity contribution in [3.63, 3.8) is 0 Å². The Kier molecular flexibility index (Phi) is 6.57. The molecule has 104 valence electrons. The third-order valence-electron chi connectivity index (χ3n) is 2.62. The maximum Gasteiger partial charge on any atom is 0.350 e. The summed E-state index contributed by atoms with van der Waals surface area (Å²) < 4.78 is 34.5. The molecule has 0 saturated carbocycles. The largest absolute Gasteiger partial charge is 0.350 e. The molecule has 0 aromatic rings. The Morgan fingerprint density at radius 3 is 2.18 bits per heavy atom. The molecule has 0 spiro atoms. The highest BCUT2D eigenvalue weighted by molar-refractivity contribution is 7.91. The van der Waals surface area contributed by atoms with Crippen LogP contribution in [-0.2, 0) is 19.3 Å². The van der Waals surface area contributed by atoms with Gasteiger partial charge in [0.05, 0.1) is 0 Å². The standard InChI is InChI=1S/C10H24N2O4S/c1-7-9(3)12(11-4)10(15-5,16-8-2)17(6,13)14/h9,11H,7-8H2,1-6H3. The summed E-state index contributed by atoms with van der Waals surface area (Å²) in [5.41, 5.74) is 2.84. The van der Waals surface area contributed by atoms with E-state index in [0.717, 1.165) is 12.7 Å². The minimum Gasteiger partial charge on any atom is -0.327 e. The van der Waals surface area contributed by atoms with Crippen molar-refractivity contribution in [2.75, 3.05) is 27.0 Å². The number of hydrazine groups is 1. The molecule has 0 saturated heterocycles. The molecule has 1 N–H and O–H groups in total. The number of hydrogen-bond donors (Lipinski definition) is 1. The molecule has 0 radical (unpaired) electrons. The molecule has 0 aliphatic rings. The lowest BCUT2D eigenvalue weighted by atomic mass is 10.2. The van der Waals surface area contributed by atoms with E-state index in [0.29, 0.717) is 0 Å². The minimum atomic E-state index is -3.59. The summed E-state index contributed by atoms with van der Waals surface area (Å²) in [5.74, 6) is 0. The molecule has 2 atom stereocenters. The minimum absolute atomic E-state index is 0.0544. The summed E-state index contributed by atoms with van der Waals surface area (Å²) in [4.78, 5) is 0. The second-order valence-electron chi connectivity index (χ2n) is 3.78. The highest BCUT2D eigenvalue weighted by Gasteiger charge is 2.50. The molecule has 6 nitrogen and oxygen atoms in total. The third kappa shape index (κ3) is 3.38. The Labute approximate surface area is 104 Å². The smallest absolute Gasteiger partial charge is 0.327 e. The van der Waals surface area contributed by atoms with Gasteiger partial charge < -0.3 is 9.47 Å². The van der Waals surface area contributed by atoms with Gasteiger partial charge in [0.25, 0.3) is 0 Å². The van der Waals surface area contributed by atoms with E-state index >= 15 is 0 Å². The van der Waals surface area contributed by atoms with Gasteiger partial charge >= 0.3 is 5.24 Å². The van der Waals surface area contributed by atoms with Crippen molar-refractivity contribution < 1.29 is 17.9 Å². The fourth-order valence-corrected chi connectivity index (χ4v) is 2.92. The van der Waals surface area contributed by atoms with Crippen molar-refractivity contribution in [2.45, 2.75) is 38.5 Å². The lowest BCUT2D eigenvalue weighted by Crippen LogP contribution is -2.64. The van der Waals surface area contributed by atoms with Crippen LogP contribution in [0.4, 0.5) is 0 Å². The van der Waals surface area contributed by atoms with Gasteiger partial charge in [0.15, 0.2) is 0 Å². The number of hydrogen-bond acceptors (Lipinski definition) is 6. The van der Waals surface area contributed by atoms with Gasteiger partial charge in [-0.05, 0) is 27.3 Å². The van der Waals surface area contributed by atoms with Gasteiger partial charge in [0.1, 0.15) is 0 Å². The molecule has 0 aliphatic heterocycles. The lowest BCUT2D eigenvalue weighted by molar-refractivity contribution is -0.268. The highest BCUT2D eigenvalue weighted by atomic mass is 32.2. The summed E-state index contributed by atoms with van der Waals surface area (Å²) in [6.07, 6.45) is 1.85. The van der Waals surface area contributed by atoms with Gasteiger partial charge in [-0.2, -0.15) is 5.01 Å². The molecule has 0 aromatic heterocycles. The average Bonchev–Trinajstić information content (AvgIpc) is 2.26. The van der Waals surface area contributed by atoms with Crippen LogP contribution >= 0.6 is 0 Å². The van der Waals surface area contributed by atoms with Gasteiger partial charge in [0.2, 0.25) is 9.84 Å². The van der Waals surface area contributed by atoms with Crippen LogP contribution in [0.3, 0.4) is 0 Å². The molecular weight excluding hydrogens is 244 g/mol. The second-order valence-corrected chi connectivity index (χ2v) is 5.84. The molecule has 0 aliphatic carbocycles. The molecule has 0 amide bonds. The number of sulfone groups is 1. The first-order chi connectivity index (χ1) is 7.80. The fraction of sp³-hybridized carbons (Fsp3) is 1.00. The van der Waals surface area contributed by atoms with Gasteiger partial charge in [-0.15, -0.1) is 0 Å². The zero-order valence-corrected chi connectivity index (χ0v) is 12.3. The average molecular weight is 268 g/mol. The predicted octanol–water partition coefficient (Wildman–Crippen LogP) is 0.560. The van der Waals surface area contributed by atoms with E-state index in [4.69, 9.17) is 9.47 Å². The molecule has 7 heteroatoms. The summed E-state index contributed by atoms with van der Waals surface area (Å²) in [5, 5.41) is -0.308. The maximum absolute atomic E-state index is 12.0. The quantitative estimate of drug-likeness (QED) is 0.512. The van der Waals surface area contributed by atoms with Crippen molar-refractivity contribution in [3.8, 4) is 0 Å². The summed E-state index contributed by atoms with van der Waals surface area (Å²) in [6.45, 7) is 5.82. The zero-order chi connectivity index (χ0) is 13.7. The van der Waals surface area contributed by atoms with Crippen molar-refractivity contribution in [3.05, 3.63) is 0 Å². The van der Waals surface area contributed by atoms with Crippen LogP contribution in [0.25, 0.3) is 0 Å².